The Labute approximate surface area is 110 Å². The van der Waals surface area contributed by atoms with Gasteiger partial charge in [-0.3, -0.25) is 4.79 Å². The van der Waals surface area contributed by atoms with Crippen LogP contribution < -0.4 is 5.32 Å². The number of thiophene rings is 1. The summed E-state index contributed by atoms with van der Waals surface area (Å²) < 4.78 is 0. The minimum atomic E-state index is -0.983. The molecule has 1 fully saturated rings. The standard InChI is InChI=1S/C13H17NO3S/c1-2-13(6-3-7-13)8-14-11(15)9-4-5-10(18-9)12(16)17/h4-5H,2-3,6-8H2,1H3,(H,14,15)(H,16,17). The summed E-state index contributed by atoms with van der Waals surface area (Å²) in [6.45, 7) is 2.85. The molecular weight excluding hydrogens is 250 g/mol. The van der Waals surface area contributed by atoms with Crippen LogP contribution in [0.3, 0.4) is 0 Å². The first kappa shape index (κ1) is 13.1. The van der Waals surface area contributed by atoms with Crippen molar-refractivity contribution in [3.05, 3.63) is 21.9 Å². The third kappa shape index (κ3) is 2.56. The van der Waals surface area contributed by atoms with Crippen molar-refractivity contribution in [3.8, 4) is 0 Å². The summed E-state index contributed by atoms with van der Waals surface area (Å²) in [6.07, 6.45) is 4.67. The molecule has 1 heterocycles. The molecule has 18 heavy (non-hydrogen) atoms. The number of hydrogen-bond donors (Lipinski definition) is 2. The molecule has 0 unspecified atom stereocenters. The first-order valence-electron chi connectivity index (χ1n) is 6.18. The van der Waals surface area contributed by atoms with Crippen LogP contribution in [0.15, 0.2) is 12.1 Å². The molecular formula is C13H17NO3S. The molecule has 0 spiro atoms. The van der Waals surface area contributed by atoms with Crippen molar-refractivity contribution in [3.63, 3.8) is 0 Å². The molecule has 4 nitrogen and oxygen atoms in total. The molecule has 0 aliphatic heterocycles. The first-order valence-corrected chi connectivity index (χ1v) is 6.99. The van der Waals surface area contributed by atoms with Gasteiger partial charge in [0.1, 0.15) is 4.88 Å². The van der Waals surface area contributed by atoms with Gasteiger partial charge in [0.05, 0.1) is 4.88 Å². The summed E-state index contributed by atoms with van der Waals surface area (Å²) in [4.78, 5) is 23.3. The largest absolute Gasteiger partial charge is 0.477 e. The van der Waals surface area contributed by atoms with Crippen LogP contribution in [-0.4, -0.2) is 23.5 Å². The number of carbonyl (C=O) groups is 2. The van der Waals surface area contributed by atoms with Crippen LogP contribution in [0.5, 0.6) is 0 Å². The molecule has 2 rings (SSSR count). The monoisotopic (exact) mass is 267 g/mol. The molecule has 5 heteroatoms. The van der Waals surface area contributed by atoms with Crippen molar-refractivity contribution in [1.29, 1.82) is 0 Å². The lowest BCUT2D eigenvalue weighted by molar-refractivity contribution is 0.0702. The molecule has 1 saturated carbocycles. The van der Waals surface area contributed by atoms with Gasteiger partial charge in [-0.05, 0) is 36.8 Å². The van der Waals surface area contributed by atoms with Crippen molar-refractivity contribution in [2.75, 3.05) is 6.54 Å². The number of hydrogen-bond acceptors (Lipinski definition) is 3. The van der Waals surface area contributed by atoms with Gasteiger partial charge in [-0.15, -0.1) is 11.3 Å². The molecule has 2 N–H and O–H groups in total. The van der Waals surface area contributed by atoms with Crippen LogP contribution in [0.4, 0.5) is 0 Å². The van der Waals surface area contributed by atoms with Crippen molar-refractivity contribution in [1.82, 2.24) is 5.32 Å². The third-order valence-corrected chi connectivity index (χ3v) is 4.90. The molecule has 0 radical (unpaired) electrons. The Balaban J connectivity index is 1.93. The fraction of sp³-hybridized carbons (Fsp3) is 0.538. The molecule has 1 aliphatic carbocycles. The van der Waals surface area contributed by atoms with Crippen LogP contribution in [-0.2, 0) is 0 Å². The predicted octanol–water partition coefficient (Wildman–Crippen LogP) is 2.76. The zero-order valence-corrected chi connectivity index (χ0v) is 11.2. The highest BCUT2D eigenvalue weighted by atomic mass is 32.1. The number of amides is 1. The van der Waals surface area contributed by atoms with E-state index in [1.807, 2.05) is 0 Å². The van der Waals surface area contributed by atoms with Gasteiger partial charge in [0.15, 0.2) is 0 Å². The van der Waals surface area contributed by atoms with Crippen LogP contribution in [0.1, 0.15) is 52.0 Å². The van der Waals surface area contributed by atoms with E-state index in [1.54, 1.807) is 6.07 Å². The molecule has 1 amide bonds. The molecule has 0 aromatic carbocycles. The van der Waals surface area contributed by atoms with E-state index < -0.39 is 5.97 Å². The van der Waals surface area contributed by atoms with E-state index in [0.717, 1.165) is 17.8 Å². The van der Waals surface area contributed by atoms with Crippen molar-refractivity contribution >= 4 is 23.2 Å². The third-order valence-electron chi connectivity index (χ3n) is 3.83. The van der Waals surface area contributed by atoms with E-state index in [2.05, 4.69) is 12.2 Å². The van der Waals surface area contributed by atoms with Gasteiger partial charge in [0.25, 0.3) is 5.91 Å². The number of carbonyl (C=O) groups excluding carboxylic acids is 1. The number of aromatic carboxylic acids is 1. The Morgan fingerprint density at radius 3 is 2.50 bits per heavy atom. The highest BCUT2D eigenvalue weighted by Gasteiger charge is 2.35. The average molecular weight is 267 g/mol. The van der Waals surface area contributed by atoms with Gasteiger partial charge < -0.3 is 10.4 Å². The molecule has 1 aliphatic rings. The Morgan fingerprint density at radius 1 is 1.39 bits per heavy atom. The lowest BCUT2D eigenvalue weighted by Crippen LogP contribution is -2.41. The summed E-state index contributed by atoms with van der Waals surface area (Å²) in [5.74, 6) is -1.14. The summed E-state index contributed by atoms with van der Waals surface area (Å²) in [6, 6.07) is 3.05. The zero-order valence-electron chi connectivity index (χ0n) is 10.4. The second-order valence-electron chi connectivity index (χ2n) is 4.86. The quantitative estimate of drug-likeness (QED) is 0.862. The van der Waals surface area contributed by atoms with Crippen LogP contribution >= 0.6 is 11.3 Å². The first-order chi connectivity index (χ1) is 8.56. The maximum Gasteiger partial charge on any atom is 0.345 e. The van der Waals surface area contributed by atoms with E-state index in [4.69, 9.17) is 5.11 Å². The second kappa shape index (κ2) is 5.10. The summed E-state index contributed by atoms with van der Waals surface area (Å²) in [5.41, 5.74) is 0.280. The van der Waals surface area contributed by atoms with Gasteiger partial charge in [-0.25, -0.2) is 4.79 Å². The van der Waals surface area contributed by atoms with Crippen molar-refractivity contribution in [2.45, 2.75) is 32.6 Å². The van der Waals surface area contributed by atoms with Gasteiger partial charge in [0, 0.05) is 6.54 Å². The molecule has 1 aromatic heterocycles. The van der Waals surface area contributed by atoms with Gasteiger partial charge in [0.2, 0.25) is 0 Å². The summed E-state index contributed by atoms with van der Waals surface area (Å²) in [5, 5.41) is 11.7. The zero-order chi connectivity index (χ0) is 13.2. The minimum Gasteiger partial charge on any atom is -0.477 e. The van der Waals surface area contributed by atoms with E-state index in [1.165, 1.54) is 25.3 Å². The van der Waals surface area contributed by atoms with E-state index in [-0.39, 0.29) is 16.2 Å². The molecule has 1 aromatic rings. The van der Waals surface area contributed by atoms with Crippen molar-refractivity contribution in [2.24, 2.45) is 5.41 Å². The lowest BCUT2D eigenvalue weighted by atomic mass is 9.67. The fourth-order valence-electron chi connectivity index (χ4n) is 2.26. The Morgan fingerprint density at radius 2 is 2.06 bits per heavy atom. The number of carboxylic acids is 1. The molecule has 0 atom stereocenters. The van der Waals surface area contributed by atoms with E-state index in [9.17, 15) is 9.59 Å². The number of rotatable bonds is 5. The average Bonchev–Trinajstić information content (AvgIpc) is 2.77. The SMILES string of the molecule is CCC1(CNC(=O)c2ccc(C(=O)O)s2)CCC1. The Bertz CT molecular complexity index is 457. The Hall–Kier alpha value is -1.36. The highest BCUT2D eigenvalue weighted by Crippen LogP contribution is 2.43. The number of nitrogens with one attached hydrogen (secondary N) is 1. The van der Waals surface area contributed by atoms with Crippen LogP contribution in [0.25, 0.3) is 0 Å². The number of carboxylic acid groups (broad SMARTS) is 1. The predicted molar refractivity (Wildman–Crippen MR) is 70.2 cm³/mol. The van der Waals surface area contributed by atoms with Gasteiger partial charge in [-0.2, -0.15) is 0 Å². The summed E-state index contributed by atoms with van der Waals surface area (Å²) >= 11 is 1.02. The highest BCUT2D eigenvalue weighted by molar-refractivity contribution is 7.15. The summed E-state index contributed by atoms with van der Waals surface area (Å²) in [7, 11) is 0. The van der Waals surface area contributed by atoms with Gasteiger partial charge in [-0.1, -0.05) is 13.3 Å². The second-order valence-corrected chi connectivity index (χ2v) is 5.94. The van der Waals surface area contributed by atoms with Crippen LogP contribution in [0.2, 0.25) is 0 Å². The maximum absolute atomic E-state index is 11.9. The Kier molecular flexibility index (Phi) is 3.71. The smallest absolute Gasteiger partial charge is 0.345 e. The molecule has 0 saturated heterocycles. The van der Waals surface area contributed by atoms with E-state index in [0.29, 0.717) is 11.4 Å². The normalized spacial score (nSPS) is 16.9. The van der Waals surface area contributed by atoms with Gasteiger partial charge >= 0.3 is 5.97 Å². The maximum atomic E-state index is 11.9. The molecule has 98 valence electrons. The fourth-order valence-corrected chi connectivity index (χ4v) is 3.02. The van der Waals surface area contributed by atoms with Crippen molar-refractivity contribution < 1.29 is 14.7 Å². The minimum absolute atomic E-state index is 0.160. The topological polar surface area (TPSA) is 66.4 Å². The lowest BCUT2D eigenvalue weighted by Gasteiger charge is -2.41. The molecule has 0 bridgehead atoms. The van der Waals surface area contributed by atoms with Crippen LogP contribution in [0, 0.1) is 5.41 Å². The van der Waals surface area contributed by atoms with E-state index >= 15 is 0 Å².